The highest BCUT2D eigenvalue weighted by Gasteiger charge is 2.30. The normalized spacial score (nSPS) is 22.0. The SMILES string of the molecule is CCC1(C)CCN(CC(C)C(O)c2ccccc2F)CC1. The van der Waals surface area contributed by atoms with Crippen LogP contribution in [0, 0.1) is 17.2 Å². The number of likely N-dealkylation sites (tertiary alicyclic amines) is 1. The van der Waals surface area contributed by atoms with Gasteiger partial charge in [-0.25, -0.2) is 4.39 Å². The molecule has 118 valence electrons. The summed E-state index contributed by atoms with van der Waals surface area (Å²) in [6.45, 7) is 9.62. The van der Waals surface area contributed by atoms with Gasteiger partial charge in [0.15, 0.2) is 0 Å². The molecule has 1 saturated heterocycles. The molecule has 0 radical (unpaired) electrons. The monoisotopic (exact) mass is 293 g/mol. The van der Waals surface area contributed by atoms with E-state index in [0.717, 1.165) is 19.6 Å². The molecule has 1 aliphatic heterocycles. The maximum Gasteiger partial charge on any atom is 0.129 e. The highest BCUT2D eigenvalue weighted by atomic mass is 19.1. The minimum atomic E-state index is -0.731. The van der Waals surface area contributed by atoms with Crippen LogP contribution >= 0.6 is 0 Å². The number of hydrogen-bond donors (Lipinski definition) is 1. The molecule has 1 N–H and O–H groups in total. The molecule has 0 aromatic heterocycles. The zero-order chi connectivity index (χ0) is 15.5. The van der Waals surface area contributed by atoms with Gasteiger partial charge in [0.25, 0.3) is 0 Å². The summed E-state index contributed by atoms with van der Waals surface area (Å²) in [7, 11) is 0. The van der Waals surface area contributed by atoms with Crippen molar-refractivity contribution in [1.82, 2.24) is 4.90 Å². The minimum absolute atomic E-state index is 0.0351. The molecule has 2 nitrogen and oxygen atoms in total. The van der Waals surface area contributed by atoms with Gasteiger partial charge in [0.05, 0.1) is 6.10 Å². The van der Waals surface area contributed by atoms with Crippen LogP contribution in [0.25, 0.3) is 0 Å². The van der Waals surface area contributed by atoms with E-state index in [1.807, 2.05) is 6.92 Å². The van der Waals surface area contributed by atoms with Gasteiger partial charge in [-0.15, -0.1) is 0 Å². The Bertz CT molecular complexity index is 454. The molecular weight excluding hydrogens is 265 g/mol. The molecule has 1 fully saturated rings. The molecule has 0 aliphatic carbocycles. The second-order valence-corrected chi connectivity index (χ2v) is 6.91. The molecule has 0 spiro atoms. The summed E-state index contributed by atoms with van der Waals surface area (Å²) in [5.41, 5.74) is 0.893. The van der Waals surface area contributed by atoms with Crippen LogP contribution in [0.15, 0.2) is 24.3 Å². The van der Waals surface area contributed by atoms with E-state index in [1.165, 1.54) is 25.3 Å². The van der Waals surface area contributed by atoms with Crippen LogP contribution in [0.2, 0.25) is 0 Å². The quantitative estimate of drug-likeness (QED) is 0.886. The lowest BCUT2D eigenvalue weighted by Gasteiger charge is -2.40. The van der Waals surface area contributed by atoms with Crippen molar-refractivity contribution in [2.24, 2.45) is 11.3 Å². The van der Waals surface area contributed by atoms with Crippen molar-refractivity contribution in [3.8, 4) is 0 Å². The Morgan fingerprint density at radius 3 is 2.48 bits per heavy atom. The van der Waals surface area contributed by atoms with Gasteiger partial charge < -0.3 is 10.0 Å². The fourth-order valence-corrected chi connectivity index (χ4v) is 3.16. The van der Waals surface area contributed by atoms with Crippen molar-refractivity contribution in [2.45, 2.75) is 46.1 Å². The first-order chi connectivity index (χ1) is 9.95. The Kier molecular flexibility index (Phi) is 5.39. The number of aliphatic hydroxyl groups excluding tert-OH is 1. The number of aliphatic hydroxyl groups is 1. The number of halogens is 1. The summed E-state index contributed by atoms with van der Waals surface area (Å²) < 4.78 is 13.8. The number of hydrogen-bond acceptors (Lipinski definition) is 2. The highest BCUT2D eigenvalue weighted by molar-refractivity contribution is 5.20. The number of piperidine rings is 1. The van der Waals surface area contributed by atoms with Crippen molar-refractivity contribution in [3.63, 3.8) is 0 Å². The van der Waals surface area contributed by atoms with Crippen molar-refractivity contribution < 1.29 is 9.50 Å². The van der Waals surface area contributed by atoms with E-state index in [9.17, 15) is 9.50 Å². The average Bonchev–Trinajstić information content (AvgIpc) is 2.49. The molecule has 2 atom stereocenters. The van der Waals surface area contributed by atoms with Gasteiger partial charge in [-0.3, -0.25) is 0 Å². The molecule has 21 heavy (non-hydrogen) atoms. The maximum absolute atomic E-state index is 13.8. The first kappa shape index (κ1) is 16.4. The van der Waals surface area contributed by atoms with Crippen LogP contribution < -0.4 is 0 Å². The molecule has 0 amide bonds. The van der Waals surface area contributed by atoms with Gasteiger partial charge in [-0.2, -0.15) is 0 Å². The molecule has 2 rings (SSSR count). The molecule has 1 heterocycles. The molecule has 1 aromatic carbocycles. The first-order valence-corrected chi connectivity index (χ1v) is 8.10. The summed E-state index contributed by atoms with van der Waals surface area (Å²) in [6.07, 6.45) is 2.93. The van der Waals surface area contributed by atoms with Crippen molar-refractivity contribution in [2.75, 3.05) is 19.6 Å². The van der Waals surface area contributed by atoms with Crippen molar-refractivity contribution in [3.05, 3.63) is 35.6 Å². The van der Waals surface area contributed by atoms with Gasteiger partial charge in [0, 0.05) is 12.1 Å². The van der Waals surface area contributed by atoms with E-state index < -0.39 is 6.10 Å². The third-order valence-electron chi connectivity index (χ3n) is 5.23. The Morgan fingerprint density at radius 1 is 1.29 bits per heavy atom. The highest BCUT2D eigenvalue weighted by Crippen LogP contribution is 2.34. The standard InChI is InChI=1S/C18H28FNO/c1-4-18(3)9-11-20(12-10-18)13-14(2)17(21)15-7-5-6-8-16(15)19/h5-8,14,17,21H,4,9-13H2,1-3H3. The van der Waals surface area contributed by atoms with E-state index >= 15 is 0 Å². The van der Waals surface area contributed by atoms with E-state index in [2.05, 4.69) is 18.7 Å². The predicted octanol–water partition coefficient (Wildman–Crippen LogP) is 4.01. The Hall–Kier alpha value is -0.930. The van der Waals surface area contributed by atoms with Crippen LogP contribution in [-0.2, 0) is 0 Å². The van der Waals surface area contributed by atoms with E-state index in [4.69, 9.17) is 0 Å². The topological polar surface area (TPSA) is 23.5 Å². The molecule has 3 heteroatoms. The zero-order valence-electron chi connectivity index (χ0n) is 13.5. The average molecular weight is 293 g/mol. The third kappa shape index (κ3) is 4.04. The smallest absolute Gasteiger partial charge is 0.129 e. The van der Waals surface area contributed by atoms with Crippen LogP contribution in [0.1, 0.15) is 51.7 Å². The van der Waals surface area contributed by atoms with Gasteiger partial charge in [0.1, 0.15) is 5.82 Å². The summed E-state index contributed by atoms with van der Waals surface area (Å²) in [4.78, 5) is 2.41. The Balaban J connectivity index is 1.90. The number of nitrogens with zero attached hydrogens (tertiary/aromatic N) is 1. The molecule has 0 bridgehead atoms. The van der Waals surface area contributed by atoms with Crippen LogP contribution in [0.3, 0.4) is 0 Å². The van der Waals surface area contributed by atoms with Crippen molar-refractivity contribution >= 4 is 0 Å². The van der Waals surface area contributed by atoms with E-state index in [0.29, 0.717) is 11.0 Å². The molecule has 0 saturated carbocycles. The van der Waals surface area contributed by atoms with E-state index in [1.54, 1.807) is 18.2 Å². The summed E-state index contributed by atoms with van der Waals surface area (Å²) in [5.74, 6) is -0.276. The lowest BCUT2D eigenvalue weighted by molar-refractivity contribution is 0.0559. The predicted molar refractivity (Wildman–Crippen MR) is 84.6 cm³/mol. The fourth-order valence-electron chi connectivity index (χ4n) is 3.16. The fraction of sp³-hybridized carbons (Fsp3) is 0.667. The van der Waals surface area contributed by atoms with Crippen LogP contribution in [0.4, 0.5) is 4.39 Å². The van der Waals surface area contributed by atoms with Gasteiger partial charge in [-0.1, -0.05) is 45.4 Å². The lowest BCUT2D eigenvalue weighted by atomic mass is 9.78. The summed E-state index contributed by atoms with van der Waals surface area (Å²) in [6, 6.07) is 6.54. The van der Waals surface area contributed by atoms with Crippen LogP contribution in [0.5, 0.6) is 0 Å². The number of benzene rings is 1. The van der Waals surface area contributed by atoms with Gasteiger partial charge in [-0.05, 0) is 43.3 Å². The largest absolute Gasteiger partial charge is 0.388 e. The van der Waals surface area contributed by atoms with Crippen molar-refractivity contribution in [1.29, 1.82) is 0 Å². The second kappa shape index (κ2) is 6.89. The molecule has 1 aromatic rings. The number of rotatable bonds is 5. The molecular formula is C18H28FNO. The van der Waals surface area contributed by atoms with E-state index in [-0.39, 0.29) is 11.7 Å². The molecule has 2 unspecified atom stereocenters. The lowest BCUT2D eigenvalue weighted by Crippen LogP contribution is -2.41. The Morgan fingerprint density at radius 2 is 1.90 bits per heavy atom. The maximum atomic E-state index is 13.8. The van der Waals surface area contributed by atoms with Crippen LogP contribution in [-0.4, -0.2) is 29.6 Å². The molecule has 1 aliphatic rings. The van der Waals surface area contributed by atoms with Gasteiger partial charge >= 0.3 is 0 Å². The summed E-state index contributed by atoms with van der Waals surface area (Å²) in [5, 5.41) is 10.4. The third-order valence-corrected chi connectivity index (χ3v) is 5.23. The first-order valence-electron chi connectivity index (χ1n) is 8.10. The Labute approximate surface area is 128 Å². The zero-order valence-corrected chi connectivity index (χ0v) is 13.5. The minimum Gasteiger partial charge on any atom is -0.388 e. The van der Waals surface area contributed by atoms with Gasteiger partial charge in [0.2, 0.25) is 0 Å². The summed E-state index contributed by atoms with van der Waals surface area (Å²) >= 11 is 0. The second-order valence-electron chi connectivity index (χ2n) is 6.91.